The molecule has 1 aliphatic rings. The van der Waals surface area contributed by atoms with Crippen LogP contribution in [0.1, 0.15) is 29.3 Å². The molecule has 1 atom stereocenters. The molecule has 0 bridgehead atoms. The van der Waals surface area contributed by atoms with Crippen molar-refractivity contribution >= 4 is 27.3 Å². The van der Waals surface area contributed by atoms with Crippen LogP contribution in [0.4, 0.5) is 0 Å². The van der Waals surface area contributed by atoms with Crippen LogP contribution in [0.15, 0.2) is 46.7 Å². The molecule has 1 aromatic heterocycles. The number of carbonyl (C=O) groups excluding carboxylic acids is 1. The minimum absolute atomic E-state index is 0.0196. The third kappa shape index (κ3) is 5.08. The van der Waals surface area contributed by atoms with Gasteiger partial charge in [-0.15, -0.1) is 11.3 Å². The van der Waals surface area contributed by atoms with Crippen molar-refractivity contribution in [2.75, 3.05) is 33.7 Å². The first-order chi connectivity index (χ1) is 14.3. The van der Waals surface area contributed by atoms with Crippen molar-refractivity contribution < 1.29 is 13.2 Å². The van der Waals surface area contributed by atoms with Crippen LogP contribution in [0.2, 0.25) is 0 Å². The van der Waals surface area contributed by atoms with E-state index in [1.54, 1.807) is 11.3 Å². The Balaban J connectivity index is 1.55. The minimum Gasteiger partial charge on any atom is -0.354 e. The van der Waals surface area contributed by atoms with Crippen molar-refractivity contribution in [1.82, 2.24) is 14.5 Å². The summed E-state index contributed by atoms with van der Waals surface area (Å²) in [5.41, 5.74) is 0.419. The molecule has 160 valence electrons. The van der Waals surface area contributed by atoms with Crippen LogP contribution in [-0.4, -0.2) is 57.3 Å². The second-order valence-corrected chi connectivity index (χ2v) is 10.5. The minimum atomic E-state index is -3.62. The smallest absolute Gasteiger partial charge is 0.243 e. The molecular formula is C21H26N4O3S2. The highest BCUT2D eigenvalue weighted by Gasteiger charge is 2.32. The normalized spacial score (nSPS) is 16.9. The van der Waals surface area contributed by atoms with Crippen molar-refractivity contribution in [3.05, 3.63) is 52.2 Å². The van der Waals surface area contributed by atoms with Crippen LogP contribution in [0, 0.1) is 17.2 Å². The Hall–Kier alpha value is -2.25. The number of amides is 1. The van der Waals surface area contributed by atoms with Gasteiger partial charge in [-0.3, -0.25) is 4.79 Å². The number of hydrogen-bond acceptors (Lipinski definition) is 6. The van der Waals surface area contributed by atoms with Crippen molar-refractivity contribution in [3.8, 4) is 6.07 Å². The maximum atomic E-state index is 12.8. The van der Waals surface area contributed by atoms with Gasteiger partial charge < -0.3 is 10.2 Å². The maximum absolute atomic E-state index is 12.8. The number of nitriles is 1. The van der Waals surface area contributed by atoms with Gasteiger partial charge >= 0.3 is 0 Å². The Morgan fingerprint density at radius 3 is 2.47 bits per heavy atom. The molecule has 0 spiro atoms. The van der Waals surface area contributed by atoms with Crippen LogP contribution < -0.4 is 5.32 Å². The number of rotatable bonds is 7. The van der Waals surface area contributed by atoms with Gasteiger partial charge in [0.05, 0.1) is 22.6 Å². The van der Waals surface area contributed by atoms with Gasteiger partial charge in [0.15, 0.2) is 0 Å². The lowest BCUT2D eigenvalue weighted by Crippen LogP contribution is -2.44. The van der Waals surface area contributed by atoms with Crippen LogP contribution in [-0.2, 0) is 14.8 Å². The van der Waals surface area contributed by atoms with Crippen molar-refractivity contribution in [3.63, 3.8) is 0 Å². The van der Waals surface area contributed by atoms with Gasteiger partial charge in [0.25, 0.3) is 0 Å². The molecule has 1 amide bonds. The summed E-state index contributed by atoms with van der Waals surface area (Å²) in [6, 6.07) is 12.1. The predicted molar refractivity (Wildman–Crippen MR) is 116 cm³/mol. The lowest BCUT2D eigenvalue weighted by atomic mass is 9.97. The van der Waals surface area contributed by atoms with Crippen molar-refractivity contribution in [1.29, 1.82) is 5.26 Å². The van der Waals surface area contributed by atoms with Crippen LogP contribution >= 0.6 is 11.3 Å². The molecule has 2 aromatic rings. The van der Waals surface area contributed by atoms with Gasteiger partial charge in [-0.05, 0) is 62.6 Å². The summed E-state index contributed by atoms with van der Waals surface area (Å²) < 4.78 is 27.1. The van der Waals surface area contributed by atoms with Crippen LogP contribution in [0.5, 0.6) is 0 Å². The Morgan fingerprint density at radius 2 is 1.93 bits per heavy atom. The molecule has 0 unspecified atom stereocenters. The largest absolute Gasteiger partial charge is 0.354 e. The van der Waals surface area contributed by atoms with E-state index in [1.165, 1.54) is 33.4 Å². The highest BCUT2D eigenvalue weighted by Crippen LogP contribution is 2.25. The maximum Gasteiger partial charge on any atom is 0.243 e. The summed E-state index contributed by atoms with van der Waals surface area (Å²) >= 11 is 1.67. The molecule has 7 nitrogen and oxygen atoms in total. The lowest BCUT2D eigenvalue weighted by Gasteiger charge is -2.31. The summed E-state index contributed by atoms with van der Waals surface area (Å²) in [7, 11) is 0.362. The van der Waals surface area contributed by atoms with E-state index in [2.05, 4.69) is 16.3 Å². The number of piperidine rings is 1. The highest BCUT2D eigenvalue weighted by molar-refractivity contribution is 7.89. The van der Waals surface area contributed by atoms with E-state index in [0.717, 1.165) is 0 Å². The fourth-order valence-corrected chi connectivity index (χ4v) is 5.96. The molecule has 2 heterocycles. The highest BCUT2D eigenvalue weighted by atomic mass is 32.2. The Bertz CT molecular complexity index is 988. The molecule has 1 saturated heterocycles. The monoisotopic (exact) mass is 446 g/mol. The van der Waals surface area contributed by atoms with E-state index in [1.807, 2.05) is 31.6 Å². The average molecular weight is 447 g/mol. The van der Waals surface area contributed by atoms with Crippen LogP contribution in [0.3, 0.4) is 0 Å². The summed E-state index contributed by atoms with van der Waals surface area (Å²) in [4.78, 5) is 16.1. The van der Waals surface area contributed by atoms with Gasteiger partial charge in [0.2, 0.25) is 15.9 Å². The zero-order valence-electron chi connectivity index (χ0n) is 17.1. The van der Waals surface area contributed by atoms with E-state index in [4.69, 9.17) is 5.26 Å². The quantitative estimate of drug-likeness (QED) is 0.705. The van der Waals surface area contributed by atoms with E-state index in [0.29, 0.717) is 38.0 Å². The number of thiophene rings is 1. The number of likely N-dealkylation sites (N-methyl/N-ethyl adjacent to an activating group) is 1. The second kappa shape index (κ2) is 9.71. The second-order valence-electron chi connectivity index (χ2n) is 7.55. The molecular weight excluding hydrogens is 420 g/mol. The number of nitrogens with one attached hydrogen (secondary N) is 1. The Kier molecular flexibility index (Phi) is 7.26. The molecule has 9 heteroatoms. The number of sulfonamides is 1. The molecule has 1 fully saturated rings. The standard InChI is InChI=1S/C21H26N4O3S2/c1-24(2)19(20-4-3-13-29-20)15-23-21(26)17-9-11-25(12-10-17)30(27,28)18-7-5-16(14-22)6-8-18/h3-8,13,17,19H,9-12,15H2,1-2H3,(H,23,26)/t19-/m1/s1. The van der Waals surface area contributed by atoms with E-state index >= 15 is 0 Å². The van der Waals surface area contributed by atoms with Crippen molar-refractivity contribution in [2.45, 2.75) is 23.8 Å². The summed E-state index contributed by atoms with van der Waals surface area (Å²) in [6.07, 6.45) is 0.986. The van der Waals surface area contributed by atoms with E-state index in [-0.39, 0.29) is 22.8 Å². The molecule has 1 N–H and O–H groups in total. The van der Waals surface area contributed by atoms with E-state index in [9.17, 15) is 13.2 Å². The fraction of sp³-hybridized carbons (Fsp3) is 0.429. The van der Waals surface area contributed by atoms with Gasteiger partial charge in [0.1, 0.15) is 0 Å². The van der Waals surface area contributed by atoms with Crippen molar-refractivity contribution in [2.24, 2.45) is 5.92 Å². The Morgan fingerprint density at radius 1 is 1.27 bits per heavy atom. The first kappa shape index (κ1) is 22.4. The molecule has 0 radical (unpaired) electrons. The summed E-state index contributed by atoms with van der Waals surface area (Å²) in [6.45, 7) is 1.14. The fourth-order valence-electron chi connectivity index (χ4n) is 3.57. The van der Waals surface area contributed by atoms with Gasteiger partial charge in [0, 0.05) is 30.4 Å². The molecule has 0 aliphatic carbocycles. The first-order valence-electron chi connectivity index (χ1n) is 9.81. The number of nitrogens with zero attached hydrogens (tertiary/aromatic N) is 3. The molecule has 1 aliphatic heterocycles. The number of benzene rings is 1. The third-order valence-corrected chi connectivity index (χ3v) is 8.30. The topological polar surface area (TPSA) is 93.5 Å². The van der Waals surface area contributed by atoms with E-state index < -0.39 is 10.0 Å². The zero-order valence-corrected chi connectivity index (χ0v) is 18.7. The summed E-state index contributed by atoms with van der Waals surface area (Å²) in [5.74, 6) is -0.211. The molecule has 3 rings (SSSR count). The zero-order chi connectivity index (χ0) is 21.7. The Labute approximate surface area is 182 Å². The first-order valence-corrected chi connectivity index (χ1v) is 12.1. The molecule has 1 aromatic carbocycles. The van der Waals surface area contributed by atoms with Crippen LogP contribution in [0.25, 0.3) is 0 Å². The lowest BCUT2D eigenvalue weighted by molar-refractivity contribution is -0.126. The third-order valence-electron chi connectivity index (χ3n) is 5.41. The molecule has 30 heavy (non-hydrogen) atoms. The summed E-state index contributed by atoms with van der Waals surface area (Å²) in [5, 5.41) is 13.9. The predicted octanol–water partition coefficient (Wildman–Crippen LogP) is 2.44. The van der Waals surface area contributed by atoms with Gasteiger partial charge in [-0.2, -0.15) is 9.57 Å². The van der Waals surface area contributed by atoms with Gasteiger partial charge in [-0.1, -0.05) is 6.07 Å². The SMILES string of the molecule is CN(C)[C@H](CNC(=O)C1CCN(S(=O)(=O)c2ccc(C#N)cc2)CC1)c1cccs1. The number of hydrogen-bond donors (Lipinski definition) is 1. The van der Waals surface area contributed by atoms with Gasteiger partial charge in [-0.25, -0.2) is 8.42 Å². The number of carbonyl (C=O) groups is 1. The molecule has 0 saturated carbocycles. The average Bonchev–Trinajstić information content (AvgIpc) is 3.28.